The van der Waals surface area contributed by atoms with Crippen LogP contribution in [0.4, 0.5) is 0 Å². The molecule has 100 valence electrons. The van der Waals surface area contributed by atoms with E-state index in [4.69, 9.17) is 4.42 Å². The van der Waals surface area contributed by atoms with E-state index in [1.165, 1.54) is 30.5 Å². The maximum atomic E-state index is 11.9. The van der Waals surface area contributed by atoms with Gasteiger partial charge in [0.15, 0.2) is 5.76 Å². The summed E-state index contributed by atoms with van der Waals surface area (Å²) in [6, 6.07) is 9.04. The molecule has 0 bridgehead atoms. The van der Waals surface area contributed by atoms with Crippen LogP contribution in [-0.2, 0) is 10.0 Å². The lowest BCUT2D eigenvalue weighted by Crippen LogP contribution is -2.41. The molecular formula is C11H9BrN2O4S. The molecule has 0 atom stereocenters. The van der Waals surface area contributed by atoms with Crippen LogP contribution in [0, 0.1) is 0 Å². The van der Waals surface area contributed by atoms with Crippen LogP contribution in [0.2, 0.25) is 0 Å². The average Bonchev–Trinajstić information content (AvgIpc) is 2.90. The van der Waals surface area contributed by atoms with Crippen molar-refractivity contribution in [2.24, 2.45) is 0 Å². The maximum absolute atomic E-state index is 11.9. The van der Waals surface area contributed by atoms with Gasteiger partial charge in [0.25, 0.3) is 10.0 Å². The average molecular weight is 345 g/mol. The molecule has 0 saturated heterocycles. The Morgan fingerprint density at radius 1 is 1.21 bits per heavy atom. The Bertz CT molecular complexity index is 682. The summed E-state index contributed by atoms with van der Waals surface area (Å²) >= 11 is 3.17. The van der Waals surface area contributed by atoms with Crippen LogP contribution in [0.5, 0.6) is 0 Å². The lowest BCUT2D eigenvalue weighted by Gasteiger charge is -2.07. The molecule has 6 nitrogen and oxygen atoms in total. The number of halogens is 1. The van der Waals surface area contributed by atoms with Crippen molar-refractivity contribution in [1.29, 1.82) is 0 Å². The molecule has 8 heteroatoms. The van der Waals surface area contributed by atoms with Crippen molar-refractivity contribution in [2.75, 3.05) is 0 Å². The van der Waals surface area contributed by atoms with Crippen LogP contribution in [0.3, 0.4) is 0 Å². The molecule has 19 heavy (non-hydrogen) atoms. The minimum atomic E-state index is -3.82. The van der Waals surface area contributed by atoms with Crippen LogP contribution in [0.25, 0.3) is 0 Å². The van der Waals surface area contributed by atoms with Crippen LogP contribution < -0.4 is 10.3 Å². The van der Waals surface area contributed by atoms with Crippen molar-refractivity contribution in [1.82, 2.24) is 10.3 Å². The first-order chi connectivity index (χ1) is 8.99. The zero-order valence-electron chi connectivity index (χ0n) is 9.46. The van der Waals surface area contributed by atoms with E-state index in [0.717, 1.165) is 0 Å². The van der Waals surface area contributed by atoms with E-state index >= 15 is 0 Å². The summed E-state index contributed by atoms with van der Waals surface area (Å²) < 4.78 is 29.2. The van der Waals surface area contributed by atoms with Crippen molar-refractivity contribution in [3.05, 3.63) is 52.9 Å². The molecule has 0 radical (unpaired) electrons. The molecule has 1 aromatic heterocycles. The molecular weight excluding hydrogens is 336 g/mol. The largest absolute Gasteiger partial charge is 0.459 e. The van der Waals surface area contributed by atoms with Crippen molar-refractivity contribution in [2.45, 2.75) is 4.90 Å². The van der Waals surface area contributed by atoms with E-state index < -0.39 is 15.9 Å². The zero-order chi connectivity index (χ0) is 13.9. The smallest absolute Gasteiger partial charge is 0.301 e. The van der Waals surface area contributed by atoms with E-state index in [0.29, 0.717) is 4.47 Å². The molecule has 0 unspecified atom stereocenters. The van der Waals surface area contributed by atoms with Crippen LogP contribution >= 0.6 is 15.9 Å². The summed E-state index contributed by atoms with van der Waals surface area (Å²) in [7, 11) is -3.82. The third-order valence-electron chi connectivity index (χ3n) is 2.15. The Balaban J connectivity index is 2.08. The van der Waals surface area contributed by atoms with Gasteiger partial charge in [0.1, 0.15) is 0 Å². The predicted molar refractivity (Wildman–Crippen MR) is 70.6 cm³/mol. The highest BCUT2D eigenvalue weighted by atomic mass is 79.9. The molecule has 0 saturated carbocycles. The molecule has 1 aromatic carbocycles. The van der Waals surface area contributed by atoms with Crippen molar-refractivity contribution >= 4 is 31.9 Å². The first kappa shape index (κ1) is 13.8. The Labute approximate surface area is 118 Å². The number of amides is 1. The molecule has 2 rings (SSSR count). The fourth-order valence-electron chi connectivity index (χ4n) is 1.28. The highest BCUT2D eigenvalue weighted by Crippen LogP contribution is 2.15. The number of hydrogen-bond donors (Lipinski definition) is 2. The van der Waals surface area contributed by atoms with E-state index in [9.17, 15) is 13.2 Å². The van der Waals surface area contributed by atoms with Gasteiger partial charge < -0.3 is 4.42 Å². The predicted octanol–water partition coefficient (Wildman–Crippen LogP) is 1.67. The Morgan fingerprint density at radius 2 is 2.00 bits per heavy atom. The lowest BCUT2D eigenvalue weighted by molar-refractivity contribution is 0.0917. The molecule has 0 aliphatic heterocycles. The van der Waals surface area contributed by atoms with Crippen molar-refractivity contribution in [3.63, 3.8) is 0 Å². The Morgan fingerprint density at radius 3 is 2.63 bits per heavy atom. The summed E-state index contributed by atoms with van der Waals surface area (Å²) in [4.78, 5) is 13.5. The first-order valence-corrected chi connectivity index (χ1v) is 7.38. The summed E-state index contributed by atoms with van der Waals surface area (Å²) in [6.07, 6.45) is 1.32. The van der Waals surface area contributed by atoms with Crippen LogP contribution in [-0.4, -0.2) is 14.3 Å². The number of hydrazine groups is 1. The van der Waals surface area contributed by atoms with Crippen molar-refractivity contribution in [3.8, 4) is 0 Å². The number of benzene rings is 1. The molecule has 0 aliphatic rings. The fourth-order valence-corrected chi connectivity index (χ4v) is 2.71. The Hall–Kier alpha value is -1.64. The van der Waals surface area contributed by atoms with E-state index in [1.54, 1.807) is 12.1 Å². The highest BCUT2D eigenvalue weighted by molar-refractivity contribution is 9.10. The SMILES string of the molecule is O=C(NNS(=O)(=O)c1cccc(Br)c1)c1ccco1. The van der Waals surface area contributed by atoms with E-state index in [-0.39, 0.29) is 10.7 Å². The monoisotopic (exact) mass is 344 g/mol. The molecule has 1 amide bonds. The topological polar surface area (TPSA) is 88.4 Å². The summed E-state index contributed by atoms with van der Waals surface area (Å²) in [5.41, 5.74) is 2.06. The Kier molecular flexibility index (Phi) is 4.03. The van der Waals surface area contributed by atoms with Gasteiger partial charge in [-0.25, -0.2) is 8.42 Å². The van der Waals surface area contributed by atoms with Gasteiger partial charge in [-0.3, -0.25) is 10.2 Å². The number of carbonyl (C=O) groups is 1. The fraction of sp³-hybridized carbons (Fsp3) is 0. The third kappa shape index (κ3) is 3.43. The van der Waals surface area contributed by atoms with Gasteiger partial charge in [-0.15, -0.1) is 4.83 Å². The second-order valence-electron chi connectivity index (χ2n) is 3.49. The molecule has 2 aromatic rings. The molecule has 0 fully saturated rings. The second kappa shape index (κ2) is 5.55. The minimum absolute atomic E-state index is 0.0111. The molecule has 1 heterocycles. The van der Waals surface area contributed by atoms with Gasteiger partial charge >= 0.3 is 5.91 Å². The minimum Gasteiger partial charge on any atom is -0.459 e. The van der Waals surface area contributed by atoms with Gasteiger partial charge in [-0.1, -0.05) is 22.0 Å². The summed E-state index contributed by atoms with van der Waals surface area (Å²) in [5, 5.41) is 0. The van der Waals surface area contributed by atoms with Gasteiger partial charge in [0.2, 0.25) is 0 Å². The molecule has 0 aliphatic carbocycles. The second-order valence-corrected chi connectivity index (χ2v) is 6.09. The normalized spacial score (nSPS) is 11.2. The molecule has 0 spiro atoms. The number of sulfonamides is 1. The van der Waals surface area contributed by atoms with Gasteiger partial charge in [0.05, 0.1) is 11.2 Å². The zero-order valence-corrected chi connectivity index (χ0v) is 11.9. The van der Waals surface area contributed by atoms with E-state index in [1.807, 2.05) is 4.83 Å². The van der Waals surface area contributed by atoms with Gasteiger partial charge in [-0.2, -0.15) is 0 Å². The first-order valence-electron chi connectivity index (χ1n) is 5.10. The number of rotatable bonds is 4. The lowest BCUT2D eigenvalue weighted by atomic mass is 10.4. The third-order valence-corrected chi connectivity index (χ3v) is 3.89. The number of nitrogens with one attached hydrogen (secondary N) is 2. The van der Waals surface area contributed by atoms with E-state index in [2.05, 4.69) is 21.4 Å². The quantitative estimate of drug-likeness (QED) is 0.825. The standard InChI is InChI=1S/C11H9BrN2O4S/c12-8-3-1-4-9(7-8)19(16,17)14-13-11(15)10-5-2-6-18-10/h1-7,14H,(H,13,15). The summed E-state index contributed by atoms with van der Waals surface area (Å²) in [6.45, 7) is 0. The number of furan rings is 1. The number of hydrogen-bond acceptors (Lipinski definition) is 4. The van der Waals surface area contributed by atoms with Gasteiger partial charge in [-0.05, 0) is 30.3 Å². The summed E-state index contributed by atoms with van der Waals surface area (Å²) in [5.74, 6) is -0.666. The molecule has 2 N–H and O–H groups in total. The van der Waals surface area contributed by atoms with Crippen molar-refractivity contribution < 1.29 is 17.6 Å². The van der Waals surface area contributed by atoms with Crippen LogP contribution in [0.15, 0.2) is 56.4 Å². The maximum Gasteiger partial charge on any atom is 0.301 e. The number of carbonyl (C=O) groups excluding carboxylic acids is 1. The van der Waals surface area contributed by atoms with Gasteiger partial charge in [0, 0.05) is 4.47 Å². The highest BCUT2D eigenvalue weighted by Gasteiger charge is 2.16. The van der Waals surface area contributed by atoms with Crippen LogP contribution in [0.1, 0.15) is 10.6 Å².